The van der Waals surface area contributed by atoms with Crippen molar-refractivity contribution in [2.75, 3.05) is 6.54 Å². The predicted molar refractivity (Wildman–Crippen MR) is 80.7 cm³/mol. The van der Waals surface area contributed by atoms with Crippen LogP contribution in [-0.2, 0) is 4.79 Å². The van der Waals surface area contributed by atoms with Crippen molar-refractivity contribution in [3.63, 3.8) is 0 Å². The van der Waals surface area contributed by atoms with Crippen LogP contribution in [0.25, 0.3) is 10.1 Å². The first-order valence-corrected chi connectivity index (χ1v) is 6.59. The lowest BCUT2D eigenvalue weighted by Crippen LogP contribution is -2.40. The fourth-order valence-corrected chi connectivity index (χ4v) is 2.68. The van der Waals surface area contributed by atoms with Gasteiger partial charge in [-0.3, -0.25) is 4.79 Å². The maximum Gasteiger partial charge on any atom is 0.236 e. The molecule has 2 aromatic rings. The molecule has 4 N–H and O–H groups in total. The van der Waals surface area contributed by atoms with Gasteiger partial charge in [0.15, 0.2) is 0 Å². The zero-order valence-electron chi connectivity index (χ0n) is 10.5. The third-order valence-electron chi connectivity index (χ3n) is 2.66. The van der Waals surface area contributed by atoms with Crippen LogP contribution in [-0.4, -0.2) is 23.6 Å². The summed E-state index contributed by atoms with van der Waals surface area (Å²) in [5.74, 6) is -0.254. The first kappa shape index (κ1) is 15.9. The molecule has 1 aromatic carbocycles. The van der Waals surface area contributed by atoms with Gasteiger partial charge in [-0.2, -0.15) is 0 Å². The van der Waals surface area contributed by atoms with Gasteiger partial charge in [-0.05, 0) is 24.4 Å². The summed E-state index contributed by atoms with van der Waals surface area (Å²) in [5, 5.41) is 13.7. The van der Waals surface area contributed by atoms with E-state index in [0.717, 1.165) is 15.0 Å². The topological polar surface area (TPSA) is 75.4 Å². The van der Waals surface area contributed by atoms with Crippen LogP contribution >= 0.6 is 23.7 Å². The molecule has 0 saturated carbocycles. The normalized spacial score (nSPS) is 13.6. The molecule has 4 nitrogen and oxygen atoms in total. The first-order chi connectivity index (χ1) is 8.58. The summed E-state index contributed by atoms with van der Waals surface area (Å²) >= 11 is 1.53. The summed E-state index contributed by atoms with van der Waals surface area (Å²) in [4.78, 5) is 12.2. The van der Waals surface area contributed by atoms with Crippen molar-refractivity contribution >= 4 is 39.7 Å². The summed E-state index contributed by atoms with van der Waals surface area (Å²) < 4.78 is 1.13. The smallest absolute Gasteiger partial charge is 0.236 e. The summed E-state index contributed by atoms with van der Waals surface area (Å²) in [7, 11) is 0. The molecule has 1 amide bonds. The van der Waals surface area contributed by atoms with Crippen LogP contribution in [0.1, 0.15) is 17.9 Å². The number of nitrogens with two attached hydrogens (primary N) is 1. The highest BCUT2D eigenvalue weighted by atomic mass is 35.5. The lowest BCUT2D eigenvalue weighted by atomic mass is 10.2. The van der Waals surface area contributed by atoms with Gasteiger partial charge in [0.05, 0.1) is 6.04 Å². The summed E-state index contributed by atoms with van der Waals surface area (Å²) in [5.41, 5.74) is 5.43. The van der Waals surface area contributed by atoms with Gasteiger partial charge in [-0.15, -0.1) is 23.7 Å². The van der Waals surface area contributed by atoms with E-state index >= 15 is 0 Å². The van der Waals surface area contributed by atoms with Crippen LogP contribution in [0.5, 0.6) is 0 Å². The van der Waals surface area contributed by atoms with Crippen molar-refractivity contribution in [3.05, 3.63) is 35.2 Å². The minimum atomic E-state index is -0.690. The SMILES string of the molecule is C[C@H](N)C(=O)NCC(O)c1cc2ccccc2s1.Cl. The van der Waals surface area contributed by atoms with E-state index in [1.807, 2.05) is 30.3 Å². The molecule has 0 saturated heterocycles. The average molecular weight is 301 g/mol. The molecule has 0 spiro atoms. The zero-order chi connectivity index (χ0) is 13.1. The number of hydrogen-bond donors (Lipinski definition) is 3. The number of nitrogens with one attached hydrogen (secondary N) is 1. The zero-order valence-corrected chi connectivity index (χ0v) is 12.1. The fourth-order valence-electron chi connectivity index (χ4n) is 1.63. The number of carbonyl (C=O) groups is 1. The van der Waals surface area contributed by atoms with Gasteiger partial charge in [0.25, 0.3) is 0 Å². The molecule has 0 bridgehead atoms. The minimum absolute atomic E-state index is 0. The third kappa shape index (κ3) is 3.91. The summed E-state index contributed by atoms with van der Waals surface area (Å²) in [6, 6.07) is 9.33. The second-order valence-electron chi connectivity index (χ2n) is 4.24. The molecule has 6 heteroatoms. The van der Waals surface area contributed by atoms with E-state index in [0.29, 0.717) is 0 Å². The molecule has 1 heterocycles. The number of halogens is 1. The Bertz CT molecular complexity index is 523. The van der Waals surface area contributed by atoms with E-state index in [9.17, 15) is 9.90 Å². The van der Waals surface area contributed by atoms with Crippen molar-refractivity contribution in [1.82, 2.24) is 5.32 Å². The maximum absolute atomic E-state index is 11.3. The third-order valence-corrected chi connectivity index (χ3v) is 3.87. The van der Waals surface area contributed by atoms with E-state index in [-0.39, 0.29) is 24.9 Å². The molecule has 0 aliphatic rings. The van der Waals surface area contributed by atoms with Gasteiger partial charge in [0, 0.05) is 16.1 Å². The van der Waals surface area contributed by atoms with Gasteiger partial charge >= 0.3 is 0 Å². The summed E-state index contributed by atoms with van der Waals surface area (Å²) in [6.07, 6.45) is -0.690. The Balaban J connectivity index is 0.00000180. The number of aliphatic hydroxyl groups excluding tert-OH is 1. The molecule has 1 unspecified atom stereocenters. The van der Waals surface area contributed by atoms with Crippen molar-refractivity contribution in [2.24, 2.45) is 5.73 Å². The van der Waals surface area contributed by atoms with Crippen LogP contribution < -0.4 is 11.1 Å². The second-order valence-corrected chi connectivity index (χ2v) is 5.35. The van der Waals surface area contributed by atoms with Gasteiger partial charge in [-0.25, -0.2) is 0 Å². The van der Waals surface area contributed by atoms with E-state index in [4.69, 9.17) is 5.73 Å². The number of amides is 1. The molecule has 2 atom stereocenters. The van der Waals surface area contributed by atoms with Crippen LogP contribution in [0.15, 0.2) is 30.3 Å². The van der Waals surface area contributed by atoms with Gasteiger partial charge in [-0.1, -0.05) is 18.2 Å². The number of carbonyl (C=O) groups excluding carboxylic acids is 1. The molecule has 19 heavy (non-hydrogen) atoms. The van der Waals surface area contributed by atoms with Crippen LogP contribution in [0.4, 0.5) is 0 Å². The van der Waals surface area contributed by atoms with Gasteiger partial charge in [0.1, 0.15) is 6.10 Å². The standard InChI is InChI=1S/C13H16N2O2S.ClH/c1-8(14)13(17)15-7-10(16)12-6-9-4-2-3-5-11(9)18-12;/h2-6,8,10,16H,7,14H2,1H3,(H,15,17);1H/t8-,10?;/m0./s1. The highest BCUT2D eigenvalue weighted by Gasteiger charge is 2.14. The largest absolute Gasteiger partial charge is 0.386 e. The molecule has 0 aliphatic carbocycles. The van der Waals surface area contributed by atoms with Gasteiger partial charge < -0.3 is 16.2 Å². The lowest BCUT2D eigenvalue weighted by Gasteiger charge is -2.11. The van der Waals surface area contributed by atoms with Gasteiger partial charge in [0.2, 0.25) is 5.91 Å². The predicted octanol–water partition coefficient (Wildman–Crippen LogP) is 1.82. The Morgan fingerprint density at radius 1 is 1.47 bits per heavy atom. The molecule has 0 aliphatic heterocycles. The number of thiophene rings is 1. The second kappa shape index (κ2) is 6.86. The first-order valence-electron chi connectivity index (χ1n) is 5.78. The van der Waals surface area contributed by atoms with Crippen molar-refractivity contribution in [2.45, 2.75) is 19.1 Å². The molecule has 0 radical (unpaired) electrons. The Kier molecular flexibility index (Phi) is 5.75. The monoisotopic (exact) mass is 300 g/mol. The molecule has 0 fully saturated rings. The van der Waals surface area contributed by atoms with Crippen LogP contribution in [0.2, 0.25) is 0 Å². The Morgan fingerprint density at radius 2 is 2.16 bits per heavy atom. The molecule has 1 aromatic heterocycles. The van der Waals surface area contributed by atoms with E-state index < -0.39 is 12.1 Å². The highest BCUT2D eigenvalue weighted by molar-refractivity contribution is 7.19. The molecular weight excluding hydrogens is 284 g/mol. The number of aliphatic hydroxyl groups is 1. The van der Waals surface area contributed by atoms with E-state index in [2.05, 4.69) is 5.32 Å². The molecule has 104 valence electrons. The number of hydrogen-bond acceptors (Lipinski definition) is 4. The van der Waals surface area contributed by atoms with Crippen molar-refractivity contribution in [3.8, 4) is 0 Å². The number of rotatable bonds is 4. The Hall–Kier alpha value is -1.14. The minimum Gasteiger partial charge on any atom is -0.386 e. The molecule has 2 rings (SSSR count). The number of fused-ring (bicyclic) bond motifs is 1. The maximum atomic E-state index is 11.3. The Morgan fingerprint density at radius 3 is 2.79 bits per heavy atom. The van der Waals surface area contributed by atoms with Crippen LogP contribution in [0.3, 0.4) is 0 Å². The van der Waals surface area contributed by atoms with Crippen LogP contribution in [0, 0.1) is 0 Å². The average Bonchev–Trinajstić information content (AvgIpc) is 2.79. The quantitative estimate of drug-likeness (QED) is 0.806. The highest BCUT2D eigenvalue weighted by Crippen LogP contribution is 2.29. The fraction of sp³-hybridized carbons (Fsp3) is 0.308. The van der Waals surface area contributed by atoms with Crippen molar-refractivity contribution in [1.29, 1.82) is 0 Å². The van der Waals surface area contributed by atoms with E-state index in [1.54, 1.807) is 6.92 Å². The summed E-state index contributed by atoms with van der Waals surface area (Å²) in [6.45, 7) is 1.80. The number of benzene rings is 1. The molecular formula is C13H17ClN2O2S. The lowest BCUT2D eigenvalue weighted by molar-refractivity contribution is -0.122. The van der Waals surface area contributed by atoms with E-state index in [1.165, 1.54) is 11.3 Å². The van der Waals surface area contributed by atoms with Crippen molar-refractivity contribution < 1.29 is 9.90 Å². The Labute approximate surface area is 122 Å².